The number of benzene rings is 3. The lowest BCUT2D eigenvalue weighted by molar-refractivity contribution is -0.123. The Hall–Kier alpha value is -4.33. The Morgan fingerprint density at radius 1 is 1.03 bits per heavy atom. The fourth-order valence-corrected chi connectivity index (χ4v) is 3.37. The average Bonchev–Trinajstić information content (AvgIpc) is 3.45. The van der Waals surface area contributed by atoms with Gasteiger partial charge in [-0.15, -0.1) is 0 Å². The smallest absolute Gasteiger partial charge is 0.338 e. The third-order valence-electron chi connectivity index (χ3n) is 5.06. The van der Waals surface area contributed by atoms with Gasteiger partial charge >= 0.3 is 5.97 Å². The van der Waals surface area contributed by atoms with E-state index in [-0.39, 0.29) is 6.79 Å². The number of esters is 1. The number of H-pyrrole nitrogens is 1. The number of imidazole rings is 1. The predicted molar refractivity (Wildman–Crippen MR) is 118 cm³/mol. The minimum atomic E-state index is -0.995. The molecule has 0 spiro atoms. The van der Waals surface area contributed by atoms with Crippen LogP contribution >= 0.6 is 0 Å². The van der Waals surface area contributed by atoms with E-state index >= 15 is 0 Å². The van der Waals surface area contributed by atoms with Crippen LogP contribution in [0.15, 0.2) is 66.7 Å². The summed E-state index contributed by atoms with van der Waals surface area (Å²) in [6.07, 6.45) is -0.995. The summed E-state index contributed by atoms with van der Waals surface area (Å²) in [5.41, 5.74) is 3.23. The standard InChI is InChI=1S/C24H19N3O5/c1-14(23(28)25-17-8-10-20-21(12-17)31-13-30-20)32-24(29)16-7-9-18-19(11-16)27-22(26-18)15-5-3-2-4-6-15/h2-12,14H,13H2,1H3,(H,25,28)(H,26,27). The molecule has 0 radical (unpaired) electrons. The SMILES string of the molecule is CC(OC(=O)c1ccc2nc(-c3ccccc3)[nH]c2c1)C(=O)Nc1ccc2c(c1)OCO2. The van der Waals surface area contributed by atoms with Crippen molar-refractivity contribution in [1.29, 1.82) is 0 Å². The van der Waals surface area contributed by atoms with Gasteiger partial charge in [0.05, 0.1) is 16.6 Å². The number of amides is 1. The molecule has 0 saturated carbocycles. The van der Waals surface area contributed by atoms with Gasteiger partial charge in [-0.05, 0) is 37.3 Å². The second kappa shape index (κ2) is 8.07. The molecule has 5 rings (SSSR count). The molecule has 1 aliphatic rings. The van der Waals surface area contributed by atoms with E-state index in [1.807, 2.05) is 30.3 Å². The van der Waals surface area contributed by atoms with Crippen molar-refractivity contribution >= 4 is 28.6 Å². The van der Waals surface area contributed by atoms with Gasteiger partial charge in [-0.2, -0.15) is 0 Å². The number of anilines is 1. The number of carbonyl (C=O) groups is 2. The number of carbonyl (C=O) groups excluding carboxylic acids is 2. The molecule has 0 saturated heterocycles. The lowest BCUT2D eigenvalue weighted by atomic mass is 10.2. The zero-order chi connectivity index (χ0) is 22.1. The molecule has 0 fully saturated rings. The second-order valence-corrected chi connectivity index (χ2v) is 7.29. The summed E-state index contributed by atoms with van der Waals surface area (Å²) in [6.45, 7) is 1.66. The van der Waals surface area contributed by atoms with E-state index in [1.165, 1.54) is 6.92 Å². The highest BCUT2D eigenvalue weighted by molar-refractivity contribution is 5.99. The van der Waals surface area contributed by atoms with Gasteiger partial charge in [0.15, 0.2) is 17.6 Å². The summed E-state index contributed by atoms with van der Waals surface area (Å²) in [5, 5.41) is 2.71. The molecule has 32 heavy (non-hydrogen) atoms. The van der Waals surface area contributed by atoms with Gasteiger partial charge in [0.2, 0.25) is 6.79 Å². The molecule has 0 aliphatic carbocycles. The van der Waals surface area contributed by atoms with E-state index in [9.17, 15) is 9.59 Å². The Morgan fingerprint density at radius 3 is 2.69 bits per heavy atom. The molecule has 1 aromatic heterocycles. The van der Waals surface area contributed by atoms with Crippen LogP contribution in [0.4, 0.5) is 5.69 Å². The van der Waals surface area contributed by atoms with Crippen LogP contribution in [0.3, 0.4) is 0 Å². The van der Waals surface area contributed by atoms with Gasteiger partial charge < -0.3 is 24.5 Å². The zero-order valence-electron chi connectivity index (χ0n) is 17.1. The van der Waals surface area contributed by atoms with E-state index in [0.717, 1.165) is 11.1 Å². The van der Waals surface area contributed by atoms with Crippen molar-refractivity contribution in [2.24, 2.45) is 0 Å². The molecule has 8 heteroatoms. The first-order valence-corrected chi connectivity index (χ1v) is 10.0. The number of hydrogen-bond acceptors (Lipinski definition) is 6. The minimum Gasteiger partial charge on any atom is -0.454 e. The normalized spacial score (nSPS) is 13.0. The Bertz CT molecular complexity index is 1320. The molecule has 1 aliphatic heterocycles. The molecule has 0 bridgehead atoms. The third kappa shape index (κ3) is 3.85. The first-order chi connectivity index (χ1) is 15.6. The maximum atomic E-state index is 12.6. The molecule has 1 unspecified atom stereocenters. The second-order valence-electron chi connectivity index (χ2n) is 7.29. The van der Waals surface area contributed by atoms with E-state index < -0.39 is 18.0 Å². The van der Waals surface area contributed by atoms with Crippen LogP contribution in [-0.2, 0) is 9.53 Å². The molecular formula is C24H19N3O5. The molecule has 1 atom stereocenters. The summed E-state index contributed by atoms with van der Waals surface area (Å²) < 4.78 is 15.9. The van der Waals surface area contributed by atoms with Gasteiger partial charge in [0.25, 0.3) is 5.91 Å². The third-order valence-corrected chi connectivity index (χ3v) is 5.06. The number of nitrogens with zero attached hydrogens (tertiary/aromatic N) is 1. The maximum absolute atomic E-state index is 12.6. The Balaban J connectivity index is 1.27. The monoisotopic (exact) mass is 429 g/mol. The Morgan fingerprint density at radius 2 is 1.84 bits per heavy atom. The van der Waals surface area contributed by atoms with Crippen LogP contribution in [0.1, 0.15) is 17.3 Å². The van der Waals surface area contributed by atoms with Crippen molar-refractivity contribution in [3.63, 3.8) is 0 Å². The first-order valence-electron chi connectivity index (χ1n) is 10.0. The summed E-state index contributed by atoms with van der Waals surface area (Å²) in [5.74, 6) is 0.826. The van der Waals surface area contributed by atoms with E-state index in [1.54, 1.807) is 36.4 Å². The highest BCUT2D eigenvalue weighted by Gasteiger charge is 2.21. The number of aromatic nitrogens is 2. The number of fused-ring (bicyclic) bond motifs is 2. The summed E-state index contributed by atoms with van der Waals surface area (Å²) in [6, 6.07) is 19.8. The van der Waals surface area contributed by atoms with E-state index in [4.69, 9.17) is 14.2 Å². The Kier molecular flexibility index (Phi) is 4.95. The van der Waals surface area contributed by atoms with Crippen LogP contribution < -0.4 is 14.8 Å². The molecule has 2 heterocycles. The van der Waals surface area contributed by atoms with Crippen molar-refractivity contribution in [3.8, 4) is 22.9 Å². The van der Waals surface area contributed by atoms with Gasteiger partial charge in [-0.1, -0.05) is 30.3 Å². The number of aromatic amines is 1. The number of rotatable bonds is 5. The number of hydrogen-bond donors (Lipinski definition) is 2. The van der Waals surface area contributed by atoms with Gasteiger partial charge in [0.1, 0.15) is 5.82 Å². The maximum Gasteiger partial charge on any atom is 0.338 e. The van der Waals surface area contributed by atoms with Crippen molar-refractivity contribution in [2.75, 3.05) is 12.1 Å². The first kappa shape index (κ1) is 19.6. The quantitative estimate of drug-likeness (QED) is 0.462. The average molecular weight is 429 g/mol. The van der Waals surface area contributed by atoms with Crippen molar-refractivity contribution < 1.29 is 23.8 Å². The molecule has 4 aromatic rings. The fraction of sp³-hybridized carbons (Fsp3) is 0.125. The van der Waals surface area contributed by atoms with Crippen LogP contribution in [0.25, 0.3) is 22.4 Å². The molecular weight excluding hydrogens is 410 g/mol. The van der Waals surface area contributed by atoms with Gasteiger partial charge in [0, 0.05) is 17.3 Å². The van der Waals surface area contributed by atoms with Gasteiger partial charge in [-0.3, -0.25) is 4.79 Å². The lowest BCUT2D eigenvalue weighted by Gasteiger charge is -2.14. The minimum absolute atomic E-state index is 0.147. The highest BCUT2D eigenvalue weighted by Crippen LogP contribution is 2.34. The van der Waals surface area contributed by atoms with Crippen LogP contribution in [0.2, 0.25) is 0 Å². The van der Waals surface area contributed by atoms with E-state index in [2.05, 4.69) is 15.3 Å². The molecule has 1 amide bonds. The largest absolute Gasteiger partial charge is 0.454 e. The van der Waals surface area contributed by atoms with Crippen LogP contribution in [0.5, 0.6) is 11.5 Å². The molecule has 2 N–H and O–H groups in total. The zero-order valence-corrected chi connectivity index (χ0v) is 17.1. The molecule has 3 aromatic carbocycles. The topological polar surface area (TPSA) is 103 Å². The Labute approximate surface area is 183 Å². The lowest BCUT2D eigenvalue weighted by Crippen LogP contribution is -2.30. The number of ether oxygens (including phenoxy) is 3. The predicted octanol–water partition coefficient (Wildman–Crippen LogP) is 4.14. The summed E-state index contributed by atoms with van der Waals surface area (Å²) in [7, 11) is 0. The molecule has 160 valence electrons. The summed E-state index contributed by atoms with van der Waals surface area (Å²) >= 11 is 0. The van der Waals surface area contributed by atoms with Crippen molar-refractivity contribution in [1.82, 2.24) is 9.97 Å². The summed E-state index contributed by atoms with van der Waals surface area (Å²) in [4.78, 5) is 32.9. The van der Waals surface area contributed by atoms with E-state index in [0.29, 0.717) is 34.1 Å². The number of nitrogens with one attached hydrogen (secondary N) is 2. The van der Waals surface area contributed by atoms with Crippen LogP contribution in [0, 0.1) is 0 Å². The fourth-order valence-electron chi connectivity index (χ4n) is 3.37. The van der Waals surface area contributed by atoms with Crippen LogP contribution in [-0.4, -0.2) is 34.7 Å². The van der Waals surface area contributed by atoms with Gasteiger partial charge in [-0.25, -0.2) is 9.78 Å². The highest BCUT2D eigenvalue weighted by atomic mass is 16.7. The van der Waals surface area contributed by atoms with Crippen molar-refractivity contribution in [2.45, 2.75) is 13.0 Å². The van der Waals surface area contributed by atoms with Crippen molar-refractivity contribution in [3.05, 3.63) is 72.3 Å². The molecule has 8 nitrogen and oxygen atoms in total.